The van der Waals surface area contributed by atoms with Crippen molar-refractivity contribution in [1.82, 2.24) is 39.6 Å². The summed E-state index contributed by atoms with van der Waals surface area (Å²) in [6, 6.07) is 19.2. The van der Waals surface area contributed by atoms with Gasteiger partial charge in [0.25, 0.3) is 0 Å². The van der Waals surface area contributed by atoms with Gasteiger partial charge in [0, 0.05) is 54.8 Å². The Kier molecular flexibility index (Phi) is 6.54. The molecule has 1 atom stereocenters. The molecule has 1 fully saturated rings. The summed E-state index contributed by atoms with van der Waals surface area (Å²) in [6.07, 6.45) is 9.46. The highest BCUT2D eigenvalue weighted by molar-refractivity contribution is 7.10. The Hall–Kier alpha value is -5.12. The van der Waals surface area contributed by atoms with E-state index in [2.05, 4.69) is 54.1 Å². The molecule has 0 saturated carbocycles. The van der Waals surface area contributed by atoms with Crippen molar-refractivity contribution in [2.75, 3.05) is 23.7 Å². The molecule has 0 bridgehead atoms. The average Bonchev–Trinajstić information content (AvgIpc) is 3.88. The number of thiazole rings is 1. The second-order valence-corrected chi connectivity index (χ2v) is 12.1. The lowest BCUT2D eigenvalue weighted by molar-refractivity contribution is 0.368. The van der Waals surface area contributed by atoms with Crippen LogP contribution in [0.25, 0.3) is 34.1 Å². The molecule has 3 N–H and O–H groups in total. The number of nitrogens with two attached hydrogens (primary N) is 1. The van der Waals surface area contributed by atoms with E-state index >= 15 is 0 Å². The molecule has 1 saturated heterocycles. The summed E-state index contributed by atoms with van der Waals surface area (Å²) < 4.78 is 3.83. The fourth-order valence-corrected chi connectivity index (χ4v) is 7.07. The number of piperidine rings is 1. The van der Waals surface area contributed by atoms with E-state index in [1.165, 1.54) is 22.5 Å². The van der Waals surface area contributed by atoms with Crippen LogP contribution < -0.4 is 16.0 Å². The number of nitriles is 1. The fraction of sp³-hybridized carbons (Fsp3) is 0.250. The molecule has 12 heteroatoms. The maximum Gasteiger partial charge on any atom is 0.196 e. The van der Waals surface area contributed by atoms with E-state index in [4.69, 9.17) is 21.0 Å². The van der Waals surface area contributed by atoms with Crippen LogP contribution in [-0.2, 0) is 6.42 Å². The molecule has 1 aromatic carbocycles. The third-order valence-electron chi connectivity index (χ3n) is 8.61. The number of aromatic nitrogens is 7. The van der Waals surface area contributed by atoms with Crippen LogP contribution in [0.5, 0.6) is 0 Å². The lowest BCUT2D eigenvalue weighted by Gasteiger charge is -2.34. The maximum atomic E-state index is 9.12. The van der Waals surface area contributed by atoms with Gasteiger partial charge in [-0.05, 0) is 79.3 Å². The van der Waals surface area contributed by atoms with E-state index < -0.39 is 0 Å². The highest BCUT2D eigenvalue weighted by Crippen LogP contribution is 2.37. The van der Waals surface area contributed by atoms with Crippen molar-refractivity contribution in [2.45, 2.75) is 37.8 Å². The van der Waals surface area contributed by atoms with Gasteiger partial charge in [-0.3, -0.25) is 4.57 Å². The predicted molar refractivity (Wildman–Crippen MR) is 170 cm³/mol. The number of aryl methyl sites for hydroxylation is 1. The summed E-state index contributed by atoms with van der Waals surface area (Å²) in [5.41, 5.74) is 12.3. The maximum absolute atomic E-state index is 9.12. The third kappa shape index (κ3) is 4.67. The van der Waals surface area contributed by atoms with Crippen LogP contribution in [0, 0.1) is 11.3 Å². The highest BCUT2D eigenvalue weighted by Gasteiger charge is 2.29. The van der Waals surface area contributed by atoms with Crippen molar-refractivity contribution in [3.63, 3.8) is 0 Å². The van der Waals surface area contributed by atoms with Crippen LogP contribution in [0.4, 0.5) is 11.6 Å². The highest BCUT2D eigenvalue weighted by atomic mass is 32.1. The molecule has 8 rings (SSSR count). The smallest absolute Gasteiger partial charge is 0.196 e. The van der Waals surface area contributed by atoms with Gasteiger partial charge in [-0.25, -0.2) is 24.6 Å². The van der Waals surface area contributed by atoms with Crippen molar-refractivity contribution in [1.29, 1.82) is 5.26 Å². The van der Waals surface area contributed by atoms with Crippen LogP contribution in [0.2, 0.25) is 0 Å². The molecule has 0 spiro atoms. The number of rotatable bonds is 6. The van der Waals surface area contributed by atoms with Gasteiger partial charge in [0.2, 0.25) is 0 Å². The Labute approximate surface area is 257 Å². The first-order chi connectivity index (χ1) is 21.6. The van der Waals surface area contributed by atoms with E-state index in [9.17, 15) is 0 Å². The molecule has 5 aromatic heterocycles. The number of hydrogen-bond donors (Lipinski definition) is 2. The predicted octanol–water partition coefficient (Wildman–Crippen LogP) is 4.82. The minimum absolute atomic E-state index is 0.317. The summed E-state index contributed by atoms with van der Waals surface area (Å²) in [6.45, 7) is 1.87. The van der Waals surface area contributed by atoms with Gasteiger partial charge in [0.15, 0.2) is 22.3 Å². The zero-order valence-electron chi connectivity index (χ0n) is 23.8. The lowest BCUT2D eigenvalue weighted by atomic mass is 10.0. The van der Waals surface area contributed by atoms with E-state index in [0.29, 0.717) is 34.6 Å². The van der Waals surface area contributed by atoms with Gasteiger partial charge in [0.05, 0.1) is 5.56 Å². The van der Waals surface area contributed by atoms with Crippen molar-refractivity contribution in [3.05, 3.63) is 88.6 Å². The Morgan fingerprint density at radius 3 is 2.68 bits per heavy atom. The van der Waals surface area contributed by atoms with E-state index in [1.807, 2.05) is 41.9 Å². The number of hydrogen-bond acceptors (Lipinski definition) is 10. The standard InChI is InChI=1S/C32H29N11S/c33-18-29-39-28(19-44-29)41-15-10-21(11-16-41)37-25-7-4-20-17-22(5-6-23(20)25)43-31(24-3-1-12-35-30(24)34)38-26-8-9-27(40-32(26)43)42-14-2-13-36-42/h1-3,5-6,8-9,12-14,17,19,21,25,37H,4,7,10-11,15-16H2,(H2,34,35)/t25-/m0/s1. The zero-order chi connectivity index (χ0) is 29.6. The number of nitrogens with zero attached hydrogens (tertiary/aromatic N) is 9. The van der Waals surface area contributed by atoms with Gasteiger partial charge in [-0.1, -0.05) is 6.07 Å². The third-order valence-corrected chi connectivity index (χ3v) is 9.35. The number of nitrogens with one attached hydrogen (secondary N) is 1. The lowest BCUT2D eigenvalue weighted by Crippen LogP contribution is -2.43. The normalized spacial score (nSPS) is 16.8. The van der Waals surface area contributed by atoms with Gasteiger partial charge in [0.1, 0.15) is 23.2 Å². The zero-order valence-corrected chi connectivity index (χ0v) is 24.7. The molecule has 1 aliphatic heterocycles. The second-order valence-electron chi connectivity index (χ2n) is 11.2. The molecular formula is C32H29N11S. The molecule has 0 unspecified atom stereocenters. The number of nitrogen functional groups attached to an aromatic ring is 1. The molecule has 44 heavy (non-hydrogen) atoms. The topological polar surface area (TPSA) is 139 Å². The quantitative estimate of drug-likeness (QED) is 0.276. The van der Waals surface area contributed by atoms with Crippen LogP contribution in [0.1, 0.15) is 41.4 Å². The monoisotopic (exact) mass is 599 g/mol. The molecule has 218 valence electrons. The van der Waals surface area contributed by atoms with Gasteiger partial charge in [-0.15, -0.1) is 11.3 Å². The Bertz CT molecular complexity index is 2010. The van der Waals surface area contributed by atoms with E-state index in [-0.39, 0.29) is 0 Å². The van der Waals surface area contributed by atoms with Crippen LogP contribution in [0.3, 0.4) is 0 Å². The van der Waals surface area contributed by atoms with Crippen molar-refractivity contribution in [2.24, 2.45) is 0 Å². The van der Waals surface area contributed by atoms with Crippen molar-refractivity contribution >= 4 is 34.1 Å². The largest absolute Gasteiger partial charge is 0.383 e. The minimum Gasteiger partial charge on any atom is -0.383 e. The van der Waals surface area contributed by atoms with Gasteiger partial charge in [-0.2, -0.15) is 10.4 Å². The summed E-state index contributed by atoms with van der Waals surface area (Å²) in [5, 5.41) is 20.0. The Morgan fingerprint density at radius 2 is 1.89 bits per heavy atom. The molecule has 11 nitrogen and oxygen atoms in total. The Morgan fingerprint density at radius 1 is 0.977 bits per heavy atom. The van der Waals surface area contributed by atoms with Crippen LogP contribution in [0.15, 0.2) is 72.5 Å². The Balaban J connectivity index is 1.09. The van der Waals surface area contributed by atoms with E-state index in [0.717, 1.165) is 67.0 Å². The molecule has 6 heterocycles. The van der Waals surface area contributed by atoms with Gasteiger partial charge < -0.3 is 16.0 Å². The number of pyridine rings is 2. The molecule has 0 amide bonds. The van der Waals surface area contributed by atoms with Crippen molar-refractivity contribution < 1.29 is 0 Å². The van der Waals surface area contributed by atoms with Gasteiger partial charge >= 0.3 is 0 Å². The molecule has 6 aromatic rings. The first kappa shape index (κ1) is 26.5. The number of benzene rings is 1. The molecule has 0 radical (unpaired) electrons. The van der Waals surface area contributed by atoms with Crippen LogP contribution in [-0.4, -0.2) is 53.4 Å². The average molecular weight is 600 g/mol. The molecular weight excluding hydrogens is 570 g/mol. The first-order valence-corrected chi connectivity index (χ1v) is 15.6. The first-order valence-electron chi connectivity index (χ1n) is 14.7. The summed E-state index contributed by atoms with van der Waals surface area (Å²) in [7, 11) is 0. The molecule has 1 aliphatic carbocycles. The van der Waals surface area contributed by atoms with Crippen molar-refractivity contribution in [3.8, 4) is 29.0 Å². The number of anilines is 2. The molecule has 2 aliphatic rings. The number of imidazole rings is 1. The van der Waals surface area contributed by atoms with E-state index in [1.54, 1.807) is 17.1 Å². The second kappa shape index (κ2) is 10.9. The summed E-state index contributed by atoms with van der Waals surface area (Å²) in [4.78, 5) is 21.0. The number of fused-ring (bicyclic) bond motifs is 2. The van der Waals surface area contributed by atoms with Crippen LogP contribution >= 0.6 is 11.3 Å². The minimum atomic E-state index is 0.317. The fourth-order valence-electron chi connectivity index (χ4n) is 6.45. The summed E-state index contributed by atoms with van der Waals surface area (Å²) in [5.74, 6) is 2.77. The summed E-state index contributed by atoms with van der Waals surface area (Å²) >= 11 is 1.41. The SMILES string of the molecule is N#Cc1nc(N2CCC(N[C@H]3CCc4cc(-n5c(-c6cccnc6N)nc6ccc(-n7cccn7)nc65)ccc43)CC2)cs1.